The van der Waals surface area contributed by atoms with Crippen molar-refractivity contribution < 1.29 is 22.3 Å². The zero-order valence-electron chi connectivity index (χ0n) is 11.5. The fraction of sp³-hybridized carbons (Fsp3) is 0.500. The van der Waals surface area contributed by atoms with Gasteiger partial charge >= 0.3 is 5.97 Å². The summed E-state index contributed by atoms with van der Waals surface area (Å²) in [6.07, 6.45) is 3.11. The molecule has 0 fully saturated rings. The molecule has 0 bridgehead atoms. The molecule has 0 saturated heterocycles. The molecule has 0 aliphatic rings. The largest absolute Gasteiger partial charge is 0.469 e. The van der Waals surface area contributed by atoms with E-state index in [1.165, 1.54) is 19.2 Å². The van der Waals surface area contributed by atoms with Gasteiger partial charge in [-0.2, -0.15) is 0 Å². The van der Waals surface area contributed by atoms with Crippen LogP contribution in [0.3, 0.4) is 0 Å². The second kappa shape index (κ2) is 7.99. The molecule has 0 aliphatic heterocycles. The van der Waals surface area contributed by atoms with Crippen molar-refractivity contribution >= 4 is 15.8 Å². The van der Waals surface area contributed by atoms with Crippen molar-refractivity contribution in [3.05, 3.63) is 30.1 Å². The minimum absolute atomic E-state index is 0.0385. The SMILES string of the molecule is COC(=O)CCCCCCS(=O)(=O)c1ccc(F)cc1. The summed E-state index contributed by atoms with van der Waals surface area (Å²) in [5.41, 5.74) is 0. The lowest BCUT2D eigenvalue weighted by atomic mass is 10.1. The third kappa shape index (κ3) is 5.69. The predicted octanol–water partition coefficient (Wildman–Crippen LogP) is 2.72. The Hall–Kier alpha value is -1.43. The van der Waals surface area contributed by atoms with Gasteiger partial charge in [-0.25, -0.2) is 12.8 Å². The first-order valence-corrected chi connectivity index (χ1v) is 8.16. The second-order valence-corrected chi connectivity index (χ2v) is 6.62. The molecule has 0 aromatic heterocycles. The lowest BCUT2D eigenvalue weighted by molar-refractivity contribution is -0.140. The molecule has 0 N–H and O–H groups in total. The van der Waals surface area contributed by atoms with Crippen LogP contribution in [0.2, 0.25) is 0 Å². The first kappa shape index (κ1) is 16.6. The number of halogens is 1. The second-order valence-electron chi connectivity index (χ2n) is 4.51. The average Bonchev–Trinajstić information content (AvgIpc) is 2.42. The van der Waals surface area contributed by atoms with Crippen LogP contribution >= 0.6 is 0 Å². The van der Waals surface area contributed by atoms with Crippen molar-refractivity contribution in [3.63, 3.8) is 0 Å². The minimum Gasteiger partial charge on any atom is -0.469 e. The van der Waals surface area contributed by atoms with E-state index >= 15 is 0 Å². The van der Waals surface area contributed by atoms with Crippen LogP contribution in [0.25, 0.3) is 0 Å². The summed E-state index contributed by atoms with van der Waals surface area (Å²) in [6, 6.07) is 4.84. The molecule has 0 saturated carbocycles. The van der Waals surface area contributed by atoms with Crippen molar-refractivity contribution in [2.45, 2.75) is 37.0 Å². The first-order valence-electron chi connectivity index (χ1n) is 6.51. The molecule has 0 spiro atoms. The molecule has 0 heterocycles. The lowest BCUT2D eigenvalue weighted by Crippen LogP contribution is -2.07. The van der Waals surface area contributed by atoms with Gasteiger partial charge in [-0.15, -0.1) is 0 Å². The summed E-state index contributed by atoms with van der Waals surface area (Å²) in [5.74, 6) is -0.660. The summed E-state index contributed by atoms with van der Waals surface area (Å²) < 4.78 is 41.1. The number of methoxy groups -OCH3 is 1. The van der Waals surface area contributed by atoms with Crippen LogP contribution in [0.15, 0.2) is 29.2 Å². The van der Waals surface area contributed by atoms with Crippen molar-refractivity contribution in [1.29, 1.82) is 0 Å². The zero-order chi connectivity index (χ0) is 15.0. The molecule has 0 radical (unpaired) electrons. The van der Waals surface area contributed by atoms with Crippen molar-refractivity contribution in [2.75, 3.05) is 12.9 Å². The average molecular weight is 302 g/mol. The molecular weight excluding hydrogens is 283 g/mol. The lowest BCUT2D eigenvalue weighted by Gasteiger charge is -2.04. The van der Waals surface area contributed by atoms with Crippen LogP contribution in [0.1, 0.15) is 32.1 Å². The Labute approximate surface area is 118 Å². The van der Waals surface area contributed by atoms with Gasteiger partial charge in [0.2, 0.25) is 0 Å². The van der Waals surface area contributed by atoms with E-state index in [0.29, 0.717) is 19.3 Å². The van der Waals surface area contributed by atoms with Crippen molar-refractivity contribution in [3.8, 4) is 0 Å². The number of rotatable bonds is 8. The monoisotopic (exact) mass is 302 g/mol. The Morgan fingerprint density at radius 3 is 2.30 bits per heavy atom. The Balaban J connectivity index is 2.30. The van der Waals surface area contributed by atoms with Gasteiger partial charge in [-0.05, 0) is 37.1 Å². The van der Waals surface area contributed by atoms with E-state index in [1.54, 1.807) is 0 Å². The number of benzene rings is 1. The van der Waals surface area contributed by atoms with Gasteiger partial charge in [0, 0.05) is 6.42 Å². The summed E-state index contributed by atoms with van der Waals surface area (Å²) >= 11 is 0. The Morgan fingerprint density at radius 2 is 1.70 bits per heavy atom. The van der Waals surface area contributed by atoms with E-state index in [9.17, 15) is 17.6 Å². The van der Waals surface area contributed by atoms with E-state index < -0.39 is 15.7 Å². The Bertz CT molecular complexity index is 523. The number of ether oxygens (including phenoxy) is 1. The first-order chi connectivity index (χ1) is 9.45. The molecule has 6 heteroatoms. The summed E-state index contributed by atoms with van der Waals surface area (Å²) in [7, 11) is -2.00. The third-order valence-corrected chi connectivity index (χ3v) is 4.76. The molecule has 4 nitrogen and oxygen atoms in total. The van der Waals surface area contributed by atoms with Crippen LogP contribution < -0.4 is 0 Å². The third-order valence-electron chi connectivity index (χ3n) is 2.94. The Morgan fingerprint density at radius 1 is 1.10 bits per heavy atom. The fourth-order valence-corrected chi connectivity index (χ4v) is 3.15. The maximum Gasteiger partial charge on any atom is 0.305 e. The highest BCUT2D eigenvalue weighted by molar-refractivity contribution is 7.91. The van der Waals surface area contributed by atoms with Crippen molar-refractivity contribution in [2.24, 2.45) is 0 Å². The van der Waals surface area contributed by atoms with Gasteiger partial charge in [-0.3, -0.25) is 4.79 Å². The summed E-state index contributed by atoms with van der Waals surface area (Å²) in [4.78, 5) is 11.0. The molecule has 1 aromatic carbocycles. The molecule has 1 aromatic rings. The van der Waals surface area contributed by atoms with Crippen molar-refractivity contribution in [1.82, 2.24) is 0 Å². The summed E-state index contributed by atoms with van der Waals surface area (Å²) in [5, 5.41) is 0. The number of sulfone groups is 1. The van der Waals surface area contributed by atoms with Gasteiger partial charge in [0.15, 0.2) is 9.84 Å². The molecular formula is C14H19FO4S. The highest BCUT2D eigenvalue weighted by Crippen LogP contribution is 2.14. The minimum atomic E-state index is -3.34. The summed E-state index contributed by atoms with van der Waals surface area (Å²) in [6.45, 7) is 0. The van der Waals surface area contributed by atoms with E-state index in [0.717, 1.165) is 25.0 Å². The molecule has 112 valence electrons. The van der Waals surface area contributed by atoms with Crippen LogP contribution in [-0.4, -0.2) is 27.2 Å². The highest BCUT2D eigenvalue weighted by atomic mass is 32.2. The number of unbranched alkanes of at least 4 members (excludes halogenated alkanes) is 3. The molecule has 1 rings (SSSR count). The van der Waals surface area contributed by atoms with Gasteiger partial charge in [0.05, 0.1) is 17.8 Å². The number of carbonyl (C=O) groups excluding carboxylic acids is 1. The van der Waals surface area contributed by atoms with Crippen LogP contribution in [0.4, 0.5) is 4.39 Å². The number of hydrogen-bond donors (Lipinski definition) is 0. The van der Waals surface area contributed by atoms with Crippen LogP contribution in [0.5, 0.6) is 0 Å². The number of hydrogen-bond acceptors (Lipinski definition) is 4. The van der Waals surface area contributed by atoms with Gasteiger partial charge in [-0.1, -0.05) is 12.8 Å². The van der Waals surface area contributed by atoms with E-state index in [2.05, 4.69) is 4.74 Å². The maximum absolute atomic E-state index is 12.7. The normalized spacial score (nSPS) is 11.3. The maximum atomic E-state index is 12.7. The van der Waals surface area contributed by atoms with E-state index in [1.807, 2.05) is 0 Å². The smallest absolute Gasteiger partial charge is 0.305 e. The van der Waals surface area contributed by atoms with Crippen LogP contribution in [-0.2, 0) is 19.4 Å². The number of carbonyl (C=O) groups is 1. The van der Waals surface area contributed by atoms with Gasteiger partial charge in [0.25, 0.3) is 0 Å². The molecule has 0 aliphatic carbocycles. The highest BCUT2D eigenvalue weighted by Gasteiger charge is 2.13. The van der Waals surface area contributed by atoms with E-state index in [4.69, 9.17) is 0 Å². The topological polar surface area (TPSA) is 60.4 Å². The zero-order valence-corrected chi connectivity index (χ0v) is 12.3. The molecule has 0 unspecified atom stereocenters. The van der Waals surface area contributed by atoms with Gasteiger partial charge < -0.3 is 4.74 Å². The Kier molecular flexibility index (Phi) is 6.64. The van der Waals surface area contributed by atoms with E-state index in [-0.39, 0.29) is 16.6 Å². The molecule has 0 amide bonds. The molecule has 0 atom stereocenters. The predicted molar refractivity (Wildman–Crippen MR) is 73.6 cm³/mol. The standard InChI is InChI=1S/C14H19FO4S/c1-19-14(16)6-4-2-3-5-11-20(17,18)13-9-7-12(15)8-10-13/h7-10H,2-6,11H2,1H3. The fourth-order valence-electron chi connectivity index (χ4n) is 1.78. The number of esters is 1. The van der Waals surface area contributed by atoms with Gasteiger partial charge in [0.1, 0.15) is 5.82 Å². The quantitative estimate of drug-likeness (QED) is 0.421. The molecule has 20 heavy (non-hydrogen) atoms. The van der Waals surface area contributed by atoms with Crippen LogP contribution in [0, 0.1) is 5.82 Å².